The molecule has 0 aromatic heterocycles. The zero-order valence-electron chi connectivity index (χ0n) is 9.71. The maximum atomic E-state index is 11.4. The maximum Gasteiger partial charge on any atom is 0.220 e. The van der Waals surface area contributed by atoms with Gasteiger partial charge in [0, 0.05) is 19.1 Å². The van der Waals surface area contributed by atoms with Crippen molar-refractivity contribution in [2.75, 3.05) is 6.61 Å². The molecule has 0 spiro atoms. The van der Waals surface area contributed by atoms with Crippen molar-refractivity contribution in [2.24, 2.45) is 11.8 Å². The lowest BCUT2D eigenvalue weighted by atomic mass is 10.0. The quantitative estimate of drug-likeness (QED) is 0.685. The van der Waals surface area contributed by atoms with E-state index in [-0.39, 0.29) is 24.5 Å². The molecule has 2 atom stereocenters. The van der Waals surface area contributed by atoms with Crippen molar-refractivity contribution in [2.45, 2.75) is 46.6 Å². The van der Waals surface area contributed by atoms with Gasteiger partial charge in [-0.2, -0.15) is 0 Å². The third kappa shape index (κ3) is 5.97. The minimum Gasteiger partial charge on any atom is -0.396 e. The van der Waals surface area contributed by atoms with Crippen molar-refractivity contribution in [3.05, 3.63) is 0 Å². The zero-order chi connectivity index (χ0) is 11.1. The Labute approximate surface area is 86.9 Å². The number of carbonyl (C=O) groups excluding carboxylic acids is 1. The molecule has 0 saturated carbocycles. The summed E-state index contributed by atoms with van der Waals surface area (Å²) in [6.07, 6.45) is 1.51. The molecule has 0 aliphatic heterocycles. The third-order valence-corrected chi connectivity index (χ3v) is 2.48. The molecule has 0 fully saturated rings. The number of amides is 1. The summed E-state index contributed by atoms with van der Waals surface area (Å²) in [6, 6.07) is 0.0552. The van der Waals surface area contributed by atoms with Gasteiger partial charge in [0.05, 0.1) is 0 Å². The van der Waals surface area contributed by atoms with E-state index >= 15 is 0 Å². The second kappa shape index (κ2) is 6.82. The van der Waals surface area contributed by atoms with Crippen LogP contribution in [0.1, 0.15) is 40.5 Å². The zero-order valence-corrected chi connectivity index (χ0v) is 9.71. The summed E-state index contributed by atoms with van der Waals surface area (Å²) in [7, 11) is 0. The van der Waals surface area contributed by atoms with Crippen LogP contribution in [-0.4, -0.2) is 23.7 Å². The molecular weight excluding hydrogens is 178 g/mol. The Morgan fingerprint density at radius 3 is 2.29 bits per heavy atom. The summed E-state index contributed by atoms with van der Waals surface area (Å²) in [4.78, 5) is 11.4. The molecule has 0 rings (SSSR count). The van der Waals surface area contributed by atoms with Crippen molar-refractivity contribution < 1.29 is 9.90 Å². The van der Waals surface area contributed by atoms with E-state index in [0.29, 0.717) is 12.3 Å². The molecule has 2 N–H and O–H groups in total. The van der Waals surface area contributed by atoms with Crippen molar-refractivity contribution in [3.63, 3.8) is 0 Å². The van der Waals surface area contributed by atoms with Gasteiger partial charge in [0.2, 0.25) is 5.91 Å². The average Bonchev–Trinajstić information content (AvgIpc) is 2.13. The van der Waals surface area contributed by atoms with Crippen LogP contribution in [0.4, 0.5) is 0 Å². The Hall–Kier alpha value is -0.570. The van der Waals surface area contributed by atoms with Crippen LogP contribution in [0, 0.1) is 11.8 Å². The number of hydrogen-bond acceptors (Lipinski definition) is 2. The summed E-state index contributed by atoms with van der Waals surface area (Å²) in [5.74, 6) is 0.774. The van der Waals surface area contributed by atoms with Gasteiger partial charge in [-0.3, -0.25) is 4.79 Å². The van der Waals surface area contributed by atoms with E-state index < -0.39 is 0 Å². The van der Waals surface area contributed by atoms with Gasteiger partial charge in [0.15, 0.2) is 0 Å². The molecule has 0 saturated heterocycles. The molecule has 2 unspecified atom stereocenters. The first-order chi connectivity index (χ1) is 6.47. The van der Waals surface area contributed by atoms with Crippen LogP contribution in [0.25, 0.3) is 0 Å². The third-order valence-electron chi connectivity index (χ3n) is 2.48. The normalized spacial score (nSPS) is 15.3. The highest BCUT2D eigenvalue weighted by Gasteiger charge is 2.13. The maximum absolute atomic E-state index is 11.4. The topological polar surface area (TPSA) is 49.3 Å². The predicted molar refractivity (Wildman–Crippen MR) is 57.9 cm³/mol. The monoisotopic (exact) mass is 201 g/mol. The fourth-order valence-corrected chi connectivity index (χ4v) is 1.05. The van der Waals surface area contributed by atoms with E-state index in [4.69, 9.17) is 5.11 Å². The molecule has 3 heteroatoms. The minimum atomic E-state index is 0.0552. The summed E-state index contributed by atoms with van der Waals surface area (Å²) >= 11 is 0. The fourth-order valence-electron chi connectivity index (χ4n) is 1.05. The van der Waals surface area contributed by atoms with Crippen LogP contribution >= 0.6 is 0 Å². The Bertz CT molecular complexity index is 169. The molecular formula is C11H23NO2. The van der Waals surface area contributed by atoms with Crippen molar-refractivity contribution in [1.29, 1.82) is 0 Å². The van der Waals surface area contributed by atoms with Gasteiger partial charge in [-0.05, 0) is 25.2 Å². The Morgan fingerprint density at radius 2 is 1.86 bits per heavy atom. The fraction of sp³-hybridized carbons (Fsp3) is 0.909. The van der Waals surface area contributed by atoms with Gasteiger partial charge in [-0.1, -0.05) is 20.8 Å². The highest BCUT2D eigenvalue weighted by Crippen LogP contribution is 2.05. The largest absolute Gasteiger partial charge is 0.396 e. The summed E-state index contributed by atoms with van der Waals surface area (Å²) < 4.78 is 0. The molecule has 3 nitrogen and oxygen atoms in total. The SMILES string of the molecule is CC(C)CCC(=O)NC(C)C(C)CO. The molecule has 0 bridgehead atoms. The molecule has 0 aliphatic carbocycles. The second-order valence-electron chi connectivity index (χ2n) is 4.45. The van der Waals surface area contributed by atoms with Gasteiger partial charge >= 0.3 is 0 Å². The Balaban J connectivity index is 3.71. The molecule has 0 radical (unpaired) electrons. The number of carbonyl (C=O) groups is 1. The lowest BCUT2D eigenvalue weighted by Gasteiger charge is -2.19. The van der Waals surface area contributed by atoms with E-state index in [2.05, 4.69) is 19.2 Å². The molecule has 0 aromatic rings. The first-order valence-corrected chi connectivity index (χ1v) is 5.37. The molecule has 0 aliphatic rings. The summed E-state index contributed by atoms with van der Waals surface area (Å²) in [6.45, 7) is 8.17. The first-order valence-electron chi connectivity index (χ1n) is 5.37. The van der Waals surface area contributed by atoms with Gasteiger partial charge in [0.1, 0.15) is 0 Å². The molecule has 0 heterocycles. The lowest BCUT2D eigenvalue weighted by Crippen LogP contribution is -2.38. The molecule has 1 amide bonds. The standard InChI is InChI=1S/C11H23NO2/c1-8(2)5-6-11(14)12-10(4)9(3)7-13/h8-10,13H,5-7H2,1-4H3,(H,12,14). The van der Waals surface area contributed by atoms with Gasteiger partial charge in [0.25, 0.3) is 0 Å². The number of aliphatic hydroxyl groups excluding tert-OH is 1. The van der Waals surface area contributed by atoms with E-state index in [1.165, 1.54) is 0 Å². The van der Waals surface area contributed by atoms with Crippen LogP contribution in [0.15, 0.2) is 0 Å². The molecule has 14 heavy (non-hydrogen) atoms. The smallest absolute Gasteiger partial charge is 0.220 e. The number of hydrogen-bond donors (Lipinski definition) is 2. The van der Waals surface area contributed by atoms with Crippen LogP contribution in [0.3, 0.4) is 0 Å². The average molecular weight is 201 g/mol. The molecule has 0 aromatic carbocycles. The van der Waals surface area contributed by atoms with Crippen LogP contribution in [-0.2, 0) is 4.79 Å². The number of nitrogens with one attached hydrogen (secondary N) is 1. The second-order valence-corrected chi connectivity index (χ2v) is 4.45. The summed E-state index contributed by atoms with van der Waals surface area (Å²) in [5, 5.41) is 11.8. The van der Waals surface area contributed by atoms with E-state index in [1.807, 2.05) is 13.8 Å². The van der Waals surface area contributed by atoms with Crippen molar-refractivity contribution in [1.82, 2.24) is 5.32 Å². The molecule has 84 valence electrons. The Kier molecular flexibility index (Phi) is 6.54. The van der Waals surface area contributed by atoms with Gasteiger partial charge in [-0.15, -0.1) is 0 Å². The van der Waals surface area contributed by atoms with Crippen molar-refractivity contribution >= 4 is 5.91 Å². The summed E-state index contributed by atoms with van der Waals surface area (Å²) in [5.41, 5.74) is 0. The first kappa shape index (κ1) is 13.4. The van der Waals surface area contributed by atoms with Crippen LogP contribution in [0.5, 0.6) is 0 Å². The van der Waals surface area contributed by atoms with Crippen LogP contribution in [0.2, 0.25) is 0 Å². The highest BCUT2D eigenvalue weighted by molar-refractivity contribution is 5.76. The van der Waals surface area contributed by atoms with Gasteiger partial charge in [-0.25, -0.2) is 0 Å². The highest BCUT2D eigenvalue weighted by atomic mass is 16.3. The van der Waals surface area contributed by atoms with E-state index in [9.17, 15) is 4.79 Å². The Morgan fingerprint density at radius 1 is 1.29 bits per heavy atom. The number of aliphatic hydroxyl groups is 1. The predicted octanol–water partition coefficient (Wildman–Crippen LogP) is 1.56. The number of rotatable bonds is 6. The van der Waals surface area contributed by atoms with Crippen molar-refractivity contribution in [3.8, 4) is 0 Å². The van der Waals surface area contributed by atoms with E-state index in [1.54, 1.807) is 0 Å². The van der Waals surface area contributed by atoms with E-state index in [0.717, 1.165) is 6.42 Å². The van der Waals surface area contributed by atoms with Crippen LogP contribution < -0.4 is 5.32 Å². The van der Waals surface area contributed by atoms with Gasteiger partial charge < -0.3 is 10.4 Å². The minimum absolute atomic E-state index is 0.0552. The lowest BCUT2D eigenvalue weighted by molar-refractivity contribution is -0.122.